The van der Waals surface area contributed by atoms with Gasteiger partial charge in [0.25, 0.3) is 0 Å². The van der Waals surface area contributed by atoms with E-state index in [1.165, 1.54) is 25.7 Å². The zero-order valence-electron chi connectivity index (χ0n) is 12.1. The second kappa shape index (κ2) is 6.69. The average molecular weight is 262 g/mol. The molecule has 0 aromatic heterocycles. The van der Waals surface area contributed by atoms with Gasteiger partial charge in [-0.1, -0.05) is 19.8 Å². The second-order valence-corrected chi connectivity index (χ2v) is 5.70. The van der Waals surface area contributed by atoms with E-state index < -0.39 is 0 Å². The molecule has 0 saturated heterocycles. The molecule has 0 radical (unpaired) electrons. The molecule has 1 aromatic carbocycles. The molecule has 3 nitrogen and oxygen atoms in total. The molecule has 0 aliphatic heterocycles. The van der Waals surface area contributed by atoms with Gasteiger partial charge in [-0.3, -0.25) is 0 Å². The van der Waals surface area contributed by atoms with E-state index in [9.17, 15) is 0 Å². The van der Waals surface area contributed by atoms with E-state index in [0.717, 1.165) is 29.8 Å². The van der Waals surface area contributed by atoms with Crippen molar-refractivity contribution in [2.45, 2.75) is 39.5 Å². The van der Waals surface area contributed by atoms with Crippen LogP contribution in [0.5, 0.6) is 5.75 Å². The SMILES string of the molecule is CCOc1cc(NCC2CCCC(C)C2)ccc1N. The van der Waals surface area contributed by atoms with Crippen molar-refractivity contribution in [1.29, 1.82) is 0 Å². The molecule has 1 saturated carbocycles. The number of ether oxygens (including phenoxy) is 1. The van der Waals surface area contributed by atoms with Crippen molar-refractivity contribution in [3.8, 4) is 5.75 Å². The number of nitrogen functional groups attached to an aromatic ring is 1. The van der Waals surface area contributed by atoms with Crippen LogP contribution in [0.4, 0.5) is 11.4 Å². The predicted molar refractivity (Wildman–Crippen MR) is 81.6 cm³/mol. The molecule has 1 aliphatic rings. The smallest absolute Gasteiger partial charge is 0.144 e. The molecule has 3 N–H and O–H groups in total. The van der Waals surface area contributed by atoms with Crippen LogP contribution in [0, 0.1) is 11.8 Å². The number of hydrogen-bond acceptors (Lipinski definition) is 3. The summed E-state index contributed by atoms with van der Waals surface area (Å²) < 4.78 is 5.52. The minimum atomic E-state index is 0.647. The zero-order chi connectivity index (χ0) is 13.7. The van der Waals surface area contributed by atoms with Gasteiger partial charge in [-0.05, 0) is 43.7 Å². The van der Waals surface area contributed by atoms with Crippen LogP contribution in [0.1, 0.15) is 39.5 Å². The van der Waals surface area contributed by atoms with E-state index in [1.54, 1.807) is 0 Å². The highest BCUT2D eigenvalue weighted by molar-refractivity contribution is 5.61. The van der Waals surface area contributed by atoms with Crippen molar-refractivity contribution in [3.63, 3.8) is 0 Å². The standard InChI is InChI=1S/C16H26N2O/c1-3-19-16-10-14(7-8-15(16)17)18-11-13-6-4-5-12(2)9-13/h7-8,10,12-13,18H,3-6,9,11,17H2,1-2H3. The average Bonchev–Trinajstić information content (AvgIpc) is 2.40. The normalized spacial score (nSPS) is 23.1. The van der Waals surface area contributed by atoms with Crippen molar-refractivity contribution in [2.24, 2.45) is 11.8 Å². The lowest BCUT2D eigenvalue weighted by atomic mass is 9.82. The van der Waals surface area contributed by atoms with Gasteiger partial charge in [-0.25, -0.2) is 0 Å². The molecule has 2 rings (SSSR count). The molecule has 0 spiro atoms. The summed E-state index contributed by atoms with van der Waals surface area (Å²) in [6.45, 7) is 6.04. The molecule has 106 valence electrons. The van der Waals surface area contributed by atoms with Gasteiger partial charge >= 0.3 is 0 Å². The topological polar surface area (TPSA) is 47.3 Å². The quantitative estimate of drug-likeness (QED) is 0.791. The fraction of sp³-hybridized carbons (Fsp3) is 0.625. The van der Waals surface area contributed by atoms with Crippen LogP contribution < -0.4 is 15.8 Å². The summed E-state index contributed by atoms with van der Waals surface area (Å²) in [5.74, 6) is 2.47. The Hall–Kier alpha value is -1.38. The summed E-state index contributed by atoms with van der Waals surface area (Å²) in [4.78, 5) is 0. The largest absolute Gasteiger partial charge is 0.492 e. The molecule has 0 bridgehead atoms. The molecule has 1 fully saturated rings. The van der Waals surface area contributed by atoms with Crippen molar-refractivity contribution in [2.75, 3.05) is 24.2 Å². The van der Waals surface area contributed by atoms with Gasteiger partial charge in [-0.2, -0.15) is 0 Å². The number of rotatable bonds is 5. The summed E-state index contributed by atoms with van der Waals surface area (Å²) in [7, 11) is 0. The molecule has 1 aliphatic carbocycles. The number of benzene rings is 1. The molecule has 1 aromatic rings. The van der Waals surface area contributed by atoms with Gasteiger partial charge < -0.3 is 15.8 Å². The Morgan fingerprint density at radius 1 is 1.37 bits per heavy atom. The highest BCUT2D eigenvalue weighted by Gasteiger charge is 2.18. The van der Waals surface area contributed by atoms with Gasteiger partial charge in [-0.15, -0.1) is 0 Å². The van der Waals surface area contributed by atoms with Crippen LogP contribution in [0.25, 0.3) is 0 Å². The molecule has 19 heavy (non-hydrogen) atoms. The first-order chi connectivity index (χ1) is 9.19. The lowest BCUT2D eigenvalue weighted by molar-refractivity contribution is 0.293. The van der Waals surface area contributed by atoms with Crippen LogP contribution in [0.2, 0.25) is 0 Å². The van der Waals surface area contributed by atoms with E-state index in [1.807, 2.05) is 25.1 Å². The molecule has 2 atom stereocenters. The van der Waals surface area contributed by atoms with Crippen molar-refractivity contribution >= 4 is 11.4 Å². The predicted octanol–water partition coefficient (Wildman–Crippen LogP) is 3.91. The minimum Gasteiger partial charge on any atom is -0.492 e. The third-order valence-electron chi connectivity index (χ3n) is 3.95. The van der Waals surface area contributed by atoms with Crippen molar-refractivity contribution in [1.82, 2.24) is 0 Å². The Labute approximate surface area is 116 Å². The fourth-order valence-electron chi connectivity index (χ4n) is 2.93. The second-order valence-electron chi connectivity index (χ2n) is 5.70. The number of hydrogen-bond donors (Lipinski definition) is 2. The van der Waals surface area contributed by atoms with Crippen molar-refractivity contribution < 1.29 is 4.74 Å². The maximum atomic E-state index is 5.88. The van der Waals surface area contributed by atoms with Crippen LogP contribution in [0.3, 0.4) is 0 Å². The Morgan fingerprint density at radius 3 is 2.95 bits per heavy atom. The highest BCUT2D eigenvalue weighted by atomic mass is 16.5. The summed E-state index contributed by atoms with van der Waals surface area (Å²) in [6, 6.07) is 5.95. The van der Waals surface area contributed by atoms with Gasteiger partial charge in [0.2, 0.25) is 0 Å². The first kappa shape index (κ1) is 14.0. The number of nitrogens with two attached hydrogens (primary N) is 1. The van der Waals surface area contributed by atoms with Crippen molar-refractivity contribution in [3.05, 3.63) is 18.2 Å². The van der Waals surface area contributed by atoms with E-state index in [2.05, 4.69) is 12.2 Å². The first-order valence-corrected chi connectivity index (χ1v) is 7.45. The van der Waals surface area contributed by atoms with Crippen LogP contribution >= 0.6 is 0 Å². The summed E-state index contributed by atoms with van der Waals surface area (Å²) in [6.07, 6.45) is 5.47. The fourth-order valence-corrected chi connectivity index (χ4v) is 2.93. The molecule has 0 amide bonds. The lowest BCUT2D eigenvalue weighted by Crippen LogP contribution is -2.21. The Kier molecular flexibility index (Phi) is 4.94. The maximum Gasteiger partial charge on any atom is 0.144 e. The first-order valence-electron chi connectivity index (χ1n) is 7.45. The van der Waals surface area contributed by atoms with E-state index in [-0.39, 0.29) is 0 Å². The molecule has 0 heterocycles. The molecular weight excluding hydrogens is 236 g/mol. The van der Waals surface area contributed by atoms with Crippen LogP contribution in [0.15, 0.2) is 18.2 Å². The van der Waals surface area contributed by atoms with Gasteiger partial charge in [0, 0.05) is 18.3 Å². The van der Waals surface area contributed by atoms with Crippen LogP contribution in [-0.2, 0) is 0 Å². The zero-order valence-corrected chi connectivity index (χ0v) is 12.1. The van der Waals surface area contributed by atoms with E-state index in [4.69, 9.17) is 10.5 Å². The monoisotopic (exact) mass is 262 g/mol. The Morgan fingerprint density at radius 2 is 2.21 bits per heavy atom. The third-order valence-corrected chi connectivity index (χ3v) is 3.95. The lowest BCUT2D eigenvalue weighted by Gasteiger charge is -2.27. The summed E-state index contributed by atoms with van der Waals surface area (Å²) in [5, 5.41) is 3.53. The molecular formula is C16H26N2O. The Bertz CT molecular complexity index is 406. The van der Waals surface area contributed by atoms with E-state index >= 15 is 0 Å². The third kappa shape index (κ3) is 4.05. The van der Waals surface area contributed by atoms with Gasteiger partial charge in [0.15, 0.2) is 0 Å². The molecule has 3 heteroatoms. The minimum absolute atomic E-state index is 0.647. The summed E-state index contributed by atoms with van der Waals surface area (Å²) in [5.41, 5.74) is 7.69. The maximum absolute atomic E-state index is 5.88. The molecule has 2 unspecified atom stereocenters. The van der Waals surface area contributed by atoms with Crippen LogP contribution in [-0.4, -0.2) is 13.2 Å². The number of nitrogens with one attached hydrogen (secondary N) is 1. The number of anilines is 2. The van der Waals surface area contributed by atoms with Gasteiger partial charge in [0.05, 0.1) is 12.3 Å². The highest BCUT2D eigenvalue weighted by Crippen LogP contribution is 2.30. The Balaban J connectivity index is 1.90. The summed E-state index contributed by atoms with van der Waals surface area (Å²) >= 11 is 0. The van der Waals surface area contributed by atoms with Gasteiger partial charge in [0.1, 0.15) is 5.75 Å². The van der Waals surface area contributed by atoms with E-state index in [0.29, 0.717) is 12.3 Å².